The van der Waals surface area contributed by atoms with Crippen LogP contribution in [0.25, 0.3) is 0 Å². The molecule has 0 radical (unpaired) electrons. The van der Waals surface area contributed by atoms with E-state index in [4.69, 9.17) is 17.3 Å². The van der Waals surface area contributed by atoms with Gasteiger partial charge in [-0.3, -0.25) is 0 Å². The molecule has 3 heteroatoms. The highest BCUT2D eigenvalue weighted by molar-refractivity contribution is 6.21. The summed E-state index contributed by atoms with van der Waals surface area (Å²) >= 11 is 6.37. The van der Waals surface area contributed by atoms with Crippen molar-refractivity contribution in [1.82, 2.24) is 0 Å². The van der Waals surface area contributed by atoms with Crippen molar-refractivity contribution >= 4 is 24.0 Å². The summed E-state index contributed by atoms with van der Waals surface area (Å²) in [6.45, 7) is 0. The molecule has 2 unspecified atom stereocenters. The fourth-order valence-electron chi connectivity index (χ4n) is 1.69. The van der Waals surface area contributed by atoms with E-state index in [-0.39, 0.29) is 23.8 Å². The molecule has 2 aromatic rings. The number of rotatable bonds is 3. The molecule has 2 N–H and O–H groups in total. The number of alkyl halides is 1. The molecule has 90 valence electrons. The van der Waals surface area contributed by atoms with Gasteiger partial charge < -0.3 is 5.73 Å². The zero-order chi connectivity index (χ0) is 11.4. The normalized spacial score (nSPS) is 13.5. The van der Waals surface area contributed by atoms with E-state index in [0.29, 0.717) is 0 Å². The van der Waals surface area contributed by atoms with Gasteiger partial charge in [0.15, 0.2) is 0 Å². The molecule has 0 aliphatic heterocycles. The van der Waals surface area contributed by atoms with E-state index in [1.165, 1.54) is 0 Å². The third-order valence-corrected chi connectivity index (χ3v) is 3.14. The van der Waals surface area contributed by atoms with Gasteiger partial charge in [0.2, 0.25) is 0 Å². The molecule has 0 fully saturated rings. The largest absolute Gasteiger partial charge is 0.322 e. The van der Waals surface area contributed by atoms with E-state index in [1.54, 1.807) is 0 Å². The van der Waals surface area contributed by atoms with Crippen LogP contribution in [0.4, 0.5) is 0 Å². The predicted octanol–water partition coefficient (Wildman–Crippen LogP) is 4.09. The molecule has 0 heterocycles. The topological polar surface area (TPSA) is 26.0 Å². The molecular weight excluding hydrogens is 253 g/mol. The Hall–Kier alpha value is -1.02. The van der Waals surface area contributed by atoms with Gasteiger partial charge in [-0.15, -0.1) is 24.0 Å². The first-order valence-electron chi connectivity index (χ1n) is 5.28. The molecular formula is C14H15Cl2N. The summed E-state index contributed by atoms with van der Waals surface area (Å²) in [7, 11) is 0. The highest BCUT2D eigenvalue weighted by Gasteiger charge is 2.18. The Kier molecular flexibility index (Phi) is 5.49. The van der Waals surface area contributed by atoms with Crippen LogP contribution in [0.1, 0.15) is 22.5 Å². The minimum absolute atomic E-state index is 0. The van der Waals surface area contributed by atoms with Gasteiger partial charge >= 0.3 is 0 Å². The van der Waals surface area contributed by atoms with Crippen LogP contribution < -0.4 is 5.73 Å². The maximum atomic E-state index is 6.37. The highest BCUT2D eigenvalue weighted by atomic mass is 35.5. The predicted molar refractivity (Wildman–Crippen MR) is 75.7 cm³/mol. The maximum Gasteiger partial charge on any atom is 0.0778 e. The number of nitrogens with two attached hydrogens (primary N) is 1. The van der Waals surface area contributed by atoms with Crippen LogP contribution >= 0.6 is 24.0 Å². The second-order valence-electron chi connectivity index (χ2n) is 3.75. The number of benzene rings is 2. The molecule has 2 rings (SSSR count). The first kappa shape index (κ1) is 14.0. The molecule has 2 atom stereocenters. The Labute approximate surface area is 113 Å². The van der Waals surface area contributed by atoms with Crippen LogP contribution in [0.2, 0.25) is 0 Å². The van der Waals surface area contributed by atoms with Gasteiger partial charge in [-0.25, -0.2) is 0 Å². The number of halogens is 2. The average Bonchev–Trinajstić information content (AvgIpc) is 2.39. The third-order valence-electron chi connectivity index (χ3n) is 2.62. The van der Waals surface area contributed by atoms with Gasteiger partial charge in [0.25, 0.3) is 0 Å². The molecule has 2 aromatic carbocycles. The first-order valence-corrected chi connectivity index (χ1v) is 5.72. The Balaban J connectivity index is 0.00000144. The van der Waals surface area contributed by atoms with Gasteiger partial charge in [-0.05, 0) is 11.1 Å². The third kappa shape index (κ3) is 3.47. The molecule has 1 nitrogen and oxygen atoms in total. The van der Waals surface area contributed by atoms with Gasteiger partial charge in [-0.1, -0.05) is 60.7 Å². The number of hydrogen-bond donors (Lipinski definition) is 1. The molecule has 0 aromatic heterocycles. The van der Waals surface area contributed by atoms with Crippen molar-refractivity contribution in [2.45, 2.75) is 11.4 Å². The summed E-state index contributed by atoms with van der Waals surface area (Å²) in [6.07, 6.45) is 0. The van der Waals surface area contributed by atoms with E-state index in [2.05, 4.69) is 0 Å². The molecule has 0 spiro atoms. The average molecular weight is 268 g/mol. The molecule has 0 amide bonds. The minimum Gasteiger partial charge on any atom is -0.322 e. The zero-order valence-electron chi connectivity index (χ0n) is 9.29. The summed E-state index contributed by atoms with van der Waals surface area (Å²) in [5.41, 5.74) is 8.26. The lowest BCUT2D eigenvalue weighted by atomic mass is 9.99. The lowest BCUT2D eigenvalue weighted by Crippen LogP contribution is -2.15. The van der Waals surface area contributed by atoms with Gasteiger partial charge in [0, 0.05) is 0 Å². The molecule has 0 aliphatic rings. The lowest BCUT2D eigenvalue weighted by Gasteiger charge is -2.18. The fourth-order valence-corrected chi connectivity index (χ4v) is 1.98. The zero-order valence-corrected chi connectivity index (χ0v) is 10.9. The fraction of sp³-hybridized carbons (Fsp3) is 0.143. The van der Waals surface area contributed by atoms with Crippen molar-refractivity contribution < 1.29 is 0 Å². The van der Waals surface area contributed by atoms with Crippen LogP contribution in [0.5, 0.6) is 0 Å². The first-order chi connectivity index (χ1) is 7.79. The molecule has 0 bridgehead atoms. The van der Waals surface area contributed by atoms with Crippen LogP contribution in [-0.2, 0) is 0 Å². The second-order valence-corrected chi connectivity index (χ2v) is 4.22. The Bertz CT molecular complexity index is 387. The van der Waals surface area contributed by atoms with E-state index >= 15 is 0 Å². The summed E-state index contributed by atoms with van der Waals surface area (Å²) in [6, 6.07) is 19.7. The van der Waals surface area contributed by atoms with Crippen molar-refractivity contribution in [1.29, 1.82) is 0 Å². The van der Waals surface area contributed by atoms with Crippen molar-refractivity contribution in [3.8, 4) is 0 Å². The Morgan fingerprint density at radius 3 is 1.65 bits per heavy atom. The Morgan fingerprint density at radius 2 is 1.18 bits per heavy atom. The maximum absolute atomic E-state index is 6.37. The van der Waals surface area contributed by atoms with Gasteiger partial charge in [-0.2, -0.15) is 0 Å². The second kappa shape index (κ2) is 6.65. The quantitative estimate of drug-likeness (QED) is 0.834. The summed E-state index contributed by atoms with van der Waals surface area (Å²) in [5, 5.41) is -0.191. The van der Waals surface area contributed by atoms with Crippen LogP contribution in [-0.4, -0.2) is 0 Å². The Morgan fingerprint density at radius 1 is 0.765 bits per heavy atom. The molecule has 0 aliphatic carbocycles. The van der Waals surface area contributed by atoms with E-state index < -0.39 is 0 Å². The van der Waals surface area contributed by atoms with Crippen LogP contribution in [0, 0.1) is 0 Å². The standard InChI is InChI=1S/C14H14ClN.ClH/c15-13(11-7-3-1-4-8-11)14(16)12-9-5-2-6-10-12;/h1-10,13-14H,16H2;1H. The van der Waals surface area contributed by atoms with E-state index in [1.807, 2.05) is 60.7 Å². The van der Waals surface area contributed by atoms with Crippen molar-refractivity contribution in [3.05, 3.63) is 71.8 Å². The monoisotopic (exact) mass is 267 g/mol. The van der Waals surface area contributed by atoms with E-state index in [0.717, 1.165) is 11.1 Å². The summed E-state index contributed by atoms with van der Waals surface area (Å²) in [5.74, 6) is 0. The summed E-state index contributed by atoms with van der Waals surface area (Å²) < 4.78 is 0. The van der Waals surface area contributed by atoms with Crippen LogP contribution in [0.3, 0.4) is 0 Å². The molecule has 0 saturated heterocycles. The van der Waals surface area contributed by atoms with Crippen molar-refractivity contribution in [3.63, 3.8) is 0 Å². The van der Waals surface area contributed by atoms with E-state index in [9.17, 15) is 0 Å². The highest BCUT2D eigenvalue weighted by Crippen LogP contribution is 2.32. The SMILES string of the molecule is Cl.NC(c1ccccc1)C(Cl)c1ccccc1. The van der Waals surface area contributed by atoms with Crippen LogP contribution in [0.15, 0.2) is 60.7 Å². The number of hydrogen-bond acceptors (Lipinski definition) is 1. The van der Waals surface area contributed by atoms with Gasteiger partial charge in [0.05, 0.1) is 11.4 Å². The summed E-state index contributed by atoms with van der Waals surface area (Å²) in [4.78, 5) is 0. The van der Waals surface area contributed by atoms with Gasteiger partial charge in [0.1, 0.15) is 0 Å². The smallest absolute Gasteiger partial charge is 0.0778 e. The minimum atomic E-state index is -0.191. The molecule has 0 saturated carbocycles. The lowest BCUT2D eigenvalue weighted by molar-refractivity contribution is 0.697. The molecule has 17 heavy (non-hydrogen) atoms. The van der Waals surface area contributed by atoms with Crippen molar-refractivity contribution in [2.75, 3.05) is 0 Å². The van der Waals surface area contributed by atoms with Crippen molar-refractivity contribution in [2.24, 2.45) is 5.73 Å².